The average Bonchev–Trinajstić information content (AvgIpc) is 2.58. The molecular weight excluding hydrogens is 363 g/mol. The fraction of sp³-hybridized carbons (Fsp3) is 0.0588. The van der Waals surface area contributed by atoms with Crippen molar-refractivity contribution >= 4 is 47.4 Å². The summed E-state index contributed by atoms with van der Waals surface area (Å²) in [7, 11) is 0. The highest BCUT2D eigenvalue weighted by atomic mass is 35.5. The lowest BCUT2D eigenvalue weighted by molar-refractivity contribution is -0.129. The molecule has 6 nitrogen and oxygen atoms in total. The summed E-state index contributed by atoms with van der Waals surface area (Å²) in [5.41, 5.74) is 5.79. The predicted molar refractivity (Wildman–Crippen MR) is 99.0 cm³/mol. The van der Waals surface area contributed by atoms with E-state index in [1.807, 2.05) is 0 Å². The molecule has 0 saturated carbocycles. The van der Waals surface area contributed by atoms with E-state index in [0.29, 0.717) is 21.2 Å². The molecule has 2 amide bonds. The number of hydrogen-bond donors (Lipinski definition) is 2. The maximum atomic E-state index is 11.6. The van der Waals surface area contributed by atoms with Gasteiger partial charge in [-0.15, -0.1) is 0 Å². The van der Waals surface area contributed by atoms with E-state index < -0.39 is 18.2 Å². The zero-order valence-electron chi connectivity index (χ0n) is 12.9. The maximum absolute atomic E-state index is 11.6. The van der Waals surface area contributed by atoms with Crippen molar-refractivity contribution in [2.45, 2.75) is 6.42 Å². The summed E-state index contributed by atoms with van der Waals surface area (Å²) in [4.78, 5) is 23.2. The van der Waals surface area contributed by atoms with Crippen molar-refractivity contribution < 1.29 is 9.59 Å². The normalized spacial score (nSPS) is 11.0. The molecule has 0 atom stereocenters. The first kappa shape index (κ1) is 18.6. The van der Waals surface area contributed by atoms with Gasteiger partial charge < -0.3 is 0 Å². The first-order valence-corrected chi connectivity index (χ1v) is 7.94. The van der Waals surface area contributed by atoms with Crippen LogP contribution in [-0.2, 0) is 9.59 Å². The minimum atomic E-state index is -0.575. The predicted octanol–water partition coefficient (Wildman–Crippen LogP) is 2.98. The molecule has 0 fully saturated rings. The summed E-state index contributed by atoms with van der Waals surface area (Å²) in [6.45, 7) is 0. The van der Waals surface area contributed by atoms with Gasteiger partial charge in [-0.2, -0.15) is 10.2 Å². The molecule has 2 aromatic carbocycles. The molecule has 25 heavy (non-hydrogen) atoms. The van der Waals surface area contributed by atoms with Crippen molar-refractivity contribution in [2.75, 3.05) is 0 Å². The fourth-order valence-electron chi connectivity index (χ4n) is 1.73. The number of benzene rings is 2. The number of hydrogen-bond acceptors (Lipinski definition) is 4. The van der Waals surface area contributed by atoms with Crippen LogP contribution in [0.1, 0.15) is 17.5 Å². The molecule has 0 unspecified atom stereocenters. The molecule has 0 aromatic heterocycles. The van der Waals surface area contributed by atoms with E-state index in [0.717, 1.165) is 0 Å². The summed E-state index contributed by atoms with van der Waals surface area (Å²) in [6.07, 6.45) is 2.38. The largest absolute Gasteiger partial charge is 0.273 e. The second-order valence-electron chi connectivity index (χ2n) is 4.81. The lowest BCUT2D eigenvalue weighted by atomic mass is 10.2. The van der Waals surface area contributed by atoms with Gasteiger partial charge in [-0.05, 0) is 12.1 Å². The molecular formula is C17H14Cl2N4O2. The third-order valence-corrected chi connectivity index (χ3v) is 3.61. The van der Waals surface area contributed by atoms with Gasteiger partial charge in [-0.1, -0.05) is 59.6 Å². The molecule has 2 N–H and O–H groups in total. The minimum absolute atomic E-state index is 0.417. The Morgan fingerprint density at radius 1 is 0.800 bits per heavy atom. The van der Waals surface area contributed by atoms with E-state index >= 15 is 0 Å². The van der Waals surface area contributed by atoms with Crippen LogP contribution >= 0.6 is 23.2 Å². The highest BCUT2D eigenvalue weighted by Crippen LogP contribution is 2.12. The van der Waals surface area contributed by atoms with Gasteiger partial charge in [-0.25, -0.2) is 10.9 Å². The monoisotopic (exact) mass is 376 g/mol. The van der Waals surface area contributed by atoms with Crippen molar-refractivity contribution in [1.29, 1.82) is 0 Å². The Bertz CT molecular complexity index is 754. The van der Waals surface area contributed by atoms with Crippen molar-refractivity contribution in [3.8, 4) is 0 Å². The zero-order valence-corrected chi connectivity index (χ0v) is 14.5. The van der Waals surface area contributed by atoms with E-state index in [4.69, 9.17) is 23.2 Å². The van der Waals surface area contributed by atoms with Gasteiger partial charge in [-0.3, -0.25) is 9.59 Å². The molecule has 0 radical (unpaired) electrons. The van der Waals surface area contributed by atoms with Crippen LogP contribution in [0.25, 0.3) is 0 Å². The summed E-state index contributed by atoms with van der Waals surface area (Å²) in [5, 5.41) is 8.51. The Kier molecular flexibility index (Phi) is 7.13. The Morgan fingerprint density at radius 2 is 1.20 bits per heavy atom. The lowest BCUT2D eigenvalue weighted by Crippen LogP contribution is -2.27. The van der Waals surface area contributed by atoms with Crippen LogP contribution in [0.3, 0.4) is 0 Å². The van der Waals surface area contributed by atoms with Gasteiger partial charge in [0.15, 0.2) is 0 Å². The smallest absolute Gasteiger partial charge is 0.249 e. The van der Waals surface area contributed by atoms with Crippen molar-refractivity contribution in [3.63, 3.8) is 0 Å². The number of carbonyl (C=O) groups excluding carboxylic acids is 2. The van der Waals surface area contributed by atoms with Crippen LogP contribution < -0.4 is 10.9 Å². The molecule has 2 aromatic rings. The molecule has 0 aliphatic heterocycles. The van der Waals surface area contributed by atoms with Gasteiger partial charge >= 0.3 is 0 Å². The lowest BCUT2D eigenvalue weighted by Gasteiger charge is -2.00. The quantitative estimate of drug-likeness (QED) is 0.461. The Hall–Kier alpha value is -2.70. The minimum Gasteiger partial charge on any atom is -0.273 e. The number of carbonyl (C=O) groups is 2. The van der Waals surface area contributed by atoms with Crippen LogP contribution in [0.4, 0.5) is 0 Å². The van der Waals surface area contributed by atoms with Gasteiger partial charge in [0.25, 0.3) is 0 Å². The zero-order chi connectivity index (χ0) is 18.1. The summed E-state index contributed by atoms with van der Waals surface area (Å²) in [5.74, 6) is -1.15. The van der Waals surface area contributed by atoms with E-state index in [1.54, 1.807) is 48.5 Å². The van der Waals surface area contributed by atoms with E-state index in [-0.39, 0.29) is 0 Å². The maximum Gasteiger partial charge on any atom is 0.249 e. The average molecular weight is 377 g/mol. The van der Waals surface area contributed by atoms with Crippen LogP contribution in [-0.4, -0.2) is 24.2 Å². The van der Waals surface area contributed by atoms with Crippen molar-refractivity contribution in [1.82, 2.24) is 10.9 Å². The van der Waals surface area contributed by atoms with Gasteiger partial charge in [0.1, 0.15) is 6.42 Å². The Balaban J connectivity index is 1.77. The van der Waals surface area contributed by atoms with Crippen LogP contribution in [0, 0.1) is 0 Å². The molecule has 0 spiro atoms. The molecule has 2 rings (SSSR count). The number of hydrazone groups is 2. The molecule has 0 saturated heterocycles. The van der Waals surface area contributed by atoms with Crippen molar-refractivity contribution in [3.05, 3.63) is 69.7 Å². The highest BCUT2D eigenvalue weighted by molar-refractivity contribution is 6.33. The fourth-order valence-corrected chi connectivity index (χ4v) is 2.10. The molecule has 8 heteroatoms. The second kappa shape index (κ2) is 9.56. The Morgan fingerprint density at radius 3 is 1.60 bits per heavy atom. The van der Waals surface area contributed by atoms with Gasteiger partial charge in [0.2, 0.25) is 11.8 Å². The number of halogens is 2. The topological polar surface area (TPSA) is 82.9 Å². The molecule has 0 aliphatic carbocycles. The third kappa shape index (κ3) is 6.37. The molecule has 0 aliphatic rings. The van der Waals surface area contributed by atoms with E-state index in [2.05, 4.69) is 21.1 Å². The molecule has 0 heterocycles. The molecule has 0 bridgehead atoms. The van der Waals surface area contributed by atoms with Crippen LogP contribution in [0.2, 0.25) is 10.0 Å². The Labute approximate surface area is 154 Å². The SMILES string of the molecule is O=C(CC(=O)N/N=C/c1ccccc1Cl)N/N=C/c1ccccc1Cl. The third-order valence-electron chi connectivity index (χ3n) is 2.92. The number of nitrogens with one attached hydrogen (secondary N) is 2. The van der Waals surface area contributed by atoms with Gasteiger partial charge in [0, 0.05) is 21.2 Å². The van der Waals surface area contributed by atoms with E-state index in [9.17, 15) is 9.59 Å². The summed E-state index contributed by atoms with van der Waals surface area (Å²) < 4.78 is 0. The number of amides is 2. The van der Waals surface area contributed by atoms with Crippen LogP contribution in [0.15, 0.2) is 58.7 Å². The summed E-state index contributed by atoms with van der Waals surface area (Å²) in [6, 6.07) is 14.0. The first-order chi connectivity index (χ1) is 12.1. The summed E-state index contributed by atoms with van der Waals surface area (Å²) >= 11 is 11.9. The molecule has 128 valence electrons. The highest BCUT2D eigenvalue weighted by Gasteiger charge is 2.07. The van der Waals surface area contributed by atoms with E-state index in [1.165, 1.54) is 12.4 Å². The first-order valence-electron chi connectivity index (χ1n) is 7.19. The standard InChI is InChI=1S/C17H14Cl2N4O2/c18-14-7-3-1-5-12(14)10-20-22-16(24)9-17(25)23-21-11-13-6-2-4-8-15(13)19/h1-8,10-11H,9H2,(H,22,24)(H,23,25)/b20-10+,21-11+. The van der Waals surface area contributed by atoms with Gasteiger partial charge in [0.05, 0.1) is 12.4 Å². The van der Waals surface area contributed by atoms with Crippen molar-refractivity contribution in [2.24, 2.45) is 10.2 Å². The van der Waals surface area contributed by atoms with Crippen LogP contribution in [0.5, 0.6) is 0 Å². The second-order valence-corrected chi connectivity index (χ2v) is 5.62. The number of nitrogens with zero attached hydrogens (tertiary/aromatic N) is 2. The number of rotatable bonds is 6.